The first-order valence-corrected chi connectivity index (χ1v) is 8.18. The summed E-state index contributed by atoms with van der Waals surface area (Å²) in [6, 6.07) is 12.8. The first-order chi connectivity index (χ1) is 12.0. The molecule has 3 rings (SSSR count). The molecule has 0 N–H and O–H groups in total. The maximum atomic E-state index is 14.0. The summed E-state index contributed by atoms with van der Waals surface area (Å²) >= 11 is 5.42. The van der Waals surface area contributed by atoms with Gasteiger partial charge in [-0.05, 0) is 49.1 Å². The van der Waals surface area contributed by atoms with Crippen molar-refractivity contribution in [3.63, 3.8) is 0 Å². The van der Waals surface area contributed by atoms with E-state index in [0.29, 0.717) is 29.4 Å². The molecule has 1 aromatic heterocycles. The van der Waals surface area contributed by atoms with Gasteiger partial charge in [0.25, 0.3) is 0 Å². The quantitative estimate of drug-likeness (QED) is 0.644. The topological polar surface area (TPSA) is 26.0 Å². The molecule has 0 unspecified atom stereocenters. The van der Waals surface area contributed by atoms with Crippen molar-refractivity contribution in [1.29, 1.82) is 0 Å². The highest BCUT2D eigenvalue weighted by Gasteiger charge is 2.14. The third kappa shape index (κ3) is 3.83. The Kier molecular flexibility index (Phi) is 5.06. The van der Waals surface area contributed by atoms with Gasteiger partial charge in [-0.25, -0.2) is 13.5 Å². The van der Waals surface area contributed by atoms with Crippen LogP contribution in [0.3, 0.4) is 0 Å². The minimum Gasteiger partial charge on any atom is -0.303 e. The lowest BCUT2D eigenvalue weighted by Crippen LogP contribution is -2.22. The smallest absolute Gasteiger partial charge is 0.199 e. The minimum absolute atomic E-state index is 0.257. The molecule has 130 valence electrons. The Morgan fingerprint density at radius 2 is 1.76 bits per heavy atom. The maximum Gasteiger partial charge on any atom is 0.199 e. The second-order valence-corrected chi connectivity index (χ2v) is 6.29. The molecule has 0 saturated carbocycles. The van der Waals surface area contributed by atoms with Gasteiger partial charge in [0, 0.05) is 13.6 Å². The van der Waals surface area contributed by atoms with Gasteiger partial charge in [-0.2, -0.15) is 5.10 Å². The zero-order chi connectivity index (χ0) is 18.0. The van der Waals surface area contributed by atoms with Crippen LogP contribution in [0.1, 0.15) is 5.56 Å². The van der Waals surface area contributed by atoms with E-state index in [9.17, 15) is 8.78 Å². The lowest BCUT2D eigenvalue weighted by atomic mass is 10.2. The van der Waals surface area contributed by atoms with Crippen molar-refractivity contribution in [3.05, 3.63) is 70.5 Å². The van der Waals surface area contributed by atoms with E-state index in [1.165, 1.54) is 18.2 Å². The normalized spacial score (nSPS) is 11.2. The van der Waals surface area contributed by atoms with E-state index in [4.69, 9.17) is 12.2 Å². The summed E-state index contributed by atoms with van der Waals surface area (Å²) in [6.45, 7) is 1.06. The van der Waals surface area contributed by atoms with Crippen LogP contribution >= 0.6 is 12.2 Å². The minimum atomic E-state index is -0.336. The molecule has 0 aliphatic heterocycles. The molecule has 7 heteroatoms. The monoisotopic (exact) mass is 360 g/mol. The highest BCUT2D eigenvalue weighted by molar-refractivity contribution is 7.71. The maximum absolute atomic E-state index is 14.0. The molecule has 0 fully saturated rings. The molecule has 0 spiro atoms. The lowest BCUT2D eigenvalue weighted by molar-refractivity contribution is 0.244. The lowest BCUT2D eigenvalue weighted by Gasteiger charge is -2.16. The highest BCUT2D eigenvalue weighted by atomic mass is 32.1. The molecule has 4 nitrogen and oxygen atoms in total. The molecule has 1 heterocycles. The highest BCUT2D eigenvalue weighted by Crippen LogP contribution is 2.20. The van der Waals surface area contributed by atoms with Crippen molar-refractivity contribution >= 4 is 12.2 Å². The van der Waals surface area contributed by atoms with Crippen LogP contribution in [0.25, 0.3) is 11.4 Å². The number of benzene rings is 2. The predicted octanol–water partition coefficient (Wildman–Crippen LogP) is 3.99. The Labute approximate surface area is 149 Å². The van der Waals surface area contributed by atoms with Crippen molar-refractivity contribution in [2.75, 3.05) is 7.05 Å². The second kappa shape index (κ2) is 7.25. The Morgan fingerprint density at radius 3 is 2.44 bits per heavy atom. The van der Waals surface area contributed by atoms with Gasteiger partial charge in [-0.1, -0.05) is 24.3 Å². The van der Waals surface area contributed by atoms with Gasteiger partial charge in [-0.3, -0.25) is 4.90 Å². The van der Waals surface area contributed by atoms with Gasteiger partial charge in [0.15, 0.2) is 10.6 Å². The summed E-state index contributed by atoms with van der Waals surface area (Å²) in [5, 5.41) is 4.47. The van der Waals surface area contributed by atoms with Gasteiger partial charge >= 0.3 is 0 Å². The van der Waals surface area contributed by atoms with Crippen molar-refractivity contribution in [3.8, 4) is 11.4 Å². The molecule has 3 aromatic rings. The fourth-order valence-electron chi connectivity index (χ4n) is 2.64. The Hall–Kier alpha value is -2.38. The summed E-state index contributed by atoms with van der Waals surface area (Å²) in [5.74, 6) is -0.108. The third-order valence-electron chi connectivity index (χ3n) is 3.90. The van der Waals surface area contributed by atoms with Crippen LogP contribution in [0.2, 0.25) is 0 Å². The summed E-state index contributed by atoms with van der Waals surface area (Å²) in [4.78, 5) is 2.00. The van der Waals surface area contributed by atoms with E-state index < -0.39 is 0 Å². The molecule has 2 aromatic carbocycles. The van der Waals surface area contributed by atoms with E-state index in [0.717, 1.165) is 5.56 Å². The number of nitrogens with zero attached hydrogens (tertiary/aromatic N) is 4. The fraction of sp³-hybridized carbons (Fsp3) is 0.222. The summed E-state index contributed by atoms with van der Waals surface area (Å²) < 4.78 is 30.9. The zero-order valence-electron chi connectivity index (χ0n) is 14.0. The van der Waals surface area contributed by atoms with Crippen LogP contribution in [-0.2, 0) is 20.3 Å². The average Bonchev–Trinajstić information content (AvgIpc) is 2.86. The second-order valence-electron chi connectivity index (χ2n) is 5.93. The predicted molar refractivity (Wildman–Crippen MR) is 95.3 cm³/mol. The van der Waals surface area contributed by atoms with Crippen molar-refractivity contribution in [1.82, 2.24) is 19.2 Å². The van der Waals surface area contributed by atoms with Crippen LogP contribution in [0, 0.1) is 16.4 Å². The van der Waals surface area contributed by atoms with Crippen LogP contribution in [-0.4, -0.2) is 26.3 Å². The first kappa shape index (κ1) is 17.4. The molecule has 25 heavy (non-hydrogen) atoms. The van der Waals surface area contributed by atoms with Crippen LogP contribution in [0.15, 0.2) is 48.5 Å². The summed E-state index contributed by atoms with van der Waals surface area (Å²) in [5.41, 5.74) is 1.40. The average molecular weight is 360 g/mol. The zero-order valence-corrected chi connectivity index (χ0v) is 14.8. The number of aromatic nitrogens is 3. The van der Waals surface area contributed by atoms with E-state index in [1.807, 2.05) is 11.9 Å². The number of hydrogen-bond donors (Lipinski definition) is 0. The summed E-state index contributed by atoms with van der Waals surface area (Å²) in [6.07, 6.45) is 0. The van der Waals surface area contributed by atoms with Gasteiger partial charge in [-0.15, -0.1) is 0 Å². The van der Waals surface area contributed by atoms with E-state index in [2.05, 4.69) is 5.10 Å². The van der Waals surface area contributed by atoms with E-state index >= 15 is 0 Å². The molecule has 0 radical (unpaired) electrons. The Balaban J connectivity index is 1.81. The van der Waals surface area contributed by atoms with Crippen LogP contribution < -0.4 is 0 Å². The molecule has 0 amide bonds. The van der Waals surface area contributed by atoms with Crippen molar-refractivity contribution in [2.45, 2.75) is 13.2 Å². The number of halogens is 2. The standard InChI is InChI=1S/C18H18F2N4S/c1-22(11-13-7-9-14(19)10-8-13)12-24-18(25)23(2)17(21-24)15-5-3-4-6-16(15)20/h3-10H,11-12H2,1-2H3. The van der Waals surface area contributed by atoms with Gasteiger partial charge in [0.05, 0.1) is 12.2 Å². The largest absolute Gasteiger partial charge is 0.303 e. The Bertz CT molecular complexity index is 931. The van der Waals surface area contributed by atoms with E-state index in [-0.39, 0.29) is 11.6 Å². The third-order valence-corrected chi connectivity index (χ3v) is 4.38. The SMILES string of the molecule is CN(Cc1ccc(F)cc1)Cn1nc(-c2ccccc2F)n(C)c1=S. The van der Waals surface area contributed by atoms with Crippen LogP contribution in [0.4, 0.5) is 8.78 Å². The number of hydrogen-bond acceptors (Lipinski definition) is 3. The fourth-order valence-corrected chi connectivity index (χ4v) is 2.82. The molecule has 0 bridgehead atoms. The molecule has 0 atom stereocenters. The Morgan fingerprint density at radius 1 is 1.08 bits per heavy atom. The van der Waals surface area contributed by atoms with Gasteiger partial charge < -0.3 is 4.57 Å². The van der Waals surface area contributed by atoms with Gasteiger partial charge in [0.1, 0.15) is 11.6 Å². The molecule has 0 aliphatic rings. The molecular weight excluding hydrogens is 342 g/mol. The van der Waals surface area contributed by atoms with E-state index in [1.54, 1.807) is 46.6 Å². The summed E-state index contributed by atoms with van der Waals surface area (Å²) in [7, 11) is 3.69. The van der Waals surface area contributed by atoms with Crippen molar-refractivity contribution < 1.29 is 8.78 Å². The van der Waals surface area contributed by atoms with Crippen LogP contribution in [0.5, 0.6) is 0 Å². The molecule has 0 saturated heterocycles. The molecule has 0 aliphatic carbocycles. The first-order valence-electron chi connectivity index (χ1n) is 7.77. The molecular formula is C18H18F2N4S. The van der Waals surface area contributed by atoms with Gasteiger partial charge in [0.2, 0.25) is 0 Å². The van der Waals surface area contributed by atoms with Crippen molar-refractivity contribution in [2.24, 2.45) is 7.05 Å². The number of rotatable bonds is 5.